The molecule has 2 rings (SSSR count). The maximum absolute atomic E-state index is 11.7. The van der Waals surface area contributed by atoms with E-state index in [9.17, 15) is 9.59 Å². The van der Waals surface area contributed by atoms with Gasteiger partial charge >= 0.3 is 5.97 Å². The van der Waals surface area contributed by atoms with Crippen molar-refractivity contribution in [2.45, 2.75) is 10.1 Å². The molecule has 0 saturated heterocycles. The molecule has 0 fully saturated rings. The number of carbonyl (C=O) groups is 2. The molecule has 2 aromatic rings. The first-order valence-electron chi connectivity index (χ1n) is 5.71. The van der Waals surface area contributed by atoms with Gasteiger partial charge in [-0.25, -0.2) is 0 Å². The Bertz CT molecular complexity index is 600. The molecule has 0 bridgehead atoms. The highest BCUT2D eigenvalue weighted by Gasteiger charge is 2.10. The average molecular weight is 361 g/mol. The van der Waals surface area contributed by atoms with Crippen LogP contribution in [0, 0.1) is 0 Å². The molecule has 0 aliphatic rings. The number of thiophene rings is 1. The summed E-state index contributed by atoms with van der Waals surface area (Å²) in [5, 5.41) is 21.2. The molecule has 6 nitrogen and oxygen atoms in total. The largest absolute Gasteiger partial charge is 0.481 e. The second kappa shape index (κ2) is 8.37. The minimum atomic E-state index is -0.911. The van der Waals surface area contributed by atoms with Crippen molar-refractivity contribution in [1.29, 1.82) is 0 Å². The van der Waals surface area contributed by atoms with Crippen molar-refractivity contribution in [2.24, 2.45) is 0 Å². The number of aromatic nitrogens is 2. The summed E-state index contributed by atoms with van der Waals surface area (Å²) in [6, 6.07) is 4.02. The summed E-state index contributed by atoms with van der Waals surface area (Å²) >= 11 is 5.45. The van der Waals surface area contributed by atoms with E-state index in [1.54, 1.807) is 11.3 Å². The van der Waals surface area contributed by atoms with Crippen LogP contribution in [-0.4, -0.2) is 38.7 Å². The molecule has 0 aromatic carbocycles. The molecule has 0 aliphatic carbocycles. The van der Waals surface area contributed by atoms with Crippen LogP contribution in [0.2, 0.25) is 0 Å². The van der Waals surface area contributed by atoms with Gasteiger partial charge in [0.05, 0.1) is 11.5 Å². The van der Waals surface area contributed by atoms with Gasteiger partial charge in [-0.2, -0.15) is 0 Å². The van der Waals surface area contributed by atoms with Crippen molar-refractivity contribution in [2.75, 3.05) is 16.8 Å². The number of rotatable bonds is 8. The number of hydrogen-bond acceptors (Lipinski definition) is 8. The molecular formula is C11H11N3O3S4. The van der Waals surface area contributed by atoms with Gasteiger partial charge < -0.3 is 5.11 Å². The molecule has 0 saturated carbocycles. The summed E-state index contributed by atoms with van der Waals surface area (Å²) in [4.78, 5) is 23.4. The Labute approximate surface area is 137 Å². The molecule has 0 atom stereocenters. The van der Waals surface area contributed by atoms with Gasteiger partial charge in [-0.3, -0.25) is 14.9 Å². The first-order valence-corrected chi connectivity index (χ1v) is 9.55. The molecule has 0 unspecified atom stereocenters. The lowest BCUT2D eigenvalue weighted by Crippen LogP contribution is -2.13. The SMILES string of the molecule is O=C(O)CSc1nnc(NC(=O)CSCc2cccs2)s1. The quantitative estimate of drug-likeness (QED) is 0.551. The molecule has 2 aromatic heterocycles. The van der Waals surface area contributed by atoms with Crippen molar-refractivity contribution in [3.63, 3.8) is 0 Å². The third-order valence-electron chi connectivity index (χ3n) is 2.03. The van der Waals surface area contributed by atoms with E-state index in [1.807, 2.05) is 17.5 Å². The van der Waals surface area contributed by atoms with Crippen molar-refractivity contribution in [3.8, 4) is 0 Å². The topological polar surface area (TPSA) is 92.2 Å². The van der Waals surface area contributed by atoms with Crippen LogP contribution in [0.25, 0.3) is 0 Å². The molecule has 0 radical (unpaired) electrons. The summed E-state index contributed by atoms with van der Waals surface area (Å²) in [6.07, 6.45) is 0. The summed E-state index contributed by atoms with van der Waals surface area (Å²) in [7, 11) is 0. The van der Waals surface area contributed by atoms with Crippen LogP contribution >= 0.6 is 46.2 Å². The van der Waals surface area contributed by atoms with E-state index < -0.39 is 5.97 Å². The van der Waals surface area contributed by atoms with E-state index in [2.05, 4.69) is 15.5 Å². The second-order valence-electron chi connectivity index (χ2n) is 3.68. The fraction of sp³-hybridized carbons (Fsp3) is 0.273. The van der Waals surface area contributed by atoms with E-state index in [0.717, 1.165) is 17.5 Å². The lowest BCUT2D eigenvalue weighted by atomic mass is 10.5. The number of amides is 1. The lowest BCUT2D eigenvalue weighted by Gasteiger charge is -2.00. The highest BCUT2D eigenvalue weighted by atomic mass is 32.2. The van der Waals surface area contributed by atoms with Gasteiger partial charge in [-0.05, 0) is 11.4 Å². The summed E-state index contributed by atoms with van der Waals surface area (Å²) in [5.74, 6) is 0.0307. The molecule has 2 N–H and O–H groups in total. The van der Waals surface area contributed by atoms with Crippen LogP contribution in [0.3, 0.4) is 0 Å². The van der Waals surface area contributed by atoms with Crippen molar-refractivity contribution in [1.82, 2.24) is 10.2 Å². The van der Waals surface area contributed by atoms with Crippen LogP contribution in [0.4, 0.5) is 5.13 Å². The third-order valence-corrected chi connectivity index (χ3v) is 6.03. The minimum Gasteiger partial charge on any atom is -0.481 e. The number of nitrogens with one attached hydrogen (secondary N) is 1. The zero-order valence-electron chi connectivity index (χ0n) is 10.6. The predicted octanol–water partition coefficient (Wildman–Crippen LogP) is 2.65. The van der Waals surface area contributed by atoms with E-state index in [0.29, 0.717) is 15.2 Å². The maximum Gasteiger partial charge on any atom is 0.313 e. The Kier molecular flexibility index (Phi) is 6.49. The van der Waals surface area contributed by atoms with Crippen LogP contribution in [0.1, 0.15) is 4.88 Å². The van der Waals surface area contributed by atoms with E-state index >= 15 is 0 Å². The molecule has 21 heavy (non-hydrogen) atoms. The standard InChI is InChI=1S/C11H11N3O3S4/c15-8(5-18-4-7-2-1-3-19-7)12-10-13-14-11(21-10)20-6-9(16)17/h1-3H,4-6H2,(H,16,17)(H,12,13,15). The van der Waals surface area contributed by atoms with E-state index in [1.165, 1.54) is 28.0 Å². The Morgan fingerprint density at radius 2 is 2.19 bits per heavy atom. The molecule has 10 heteroatoms. The molecular weight excluding hydrogens is 350 g/mol. The van der Waals surface area contributed by atoms with E-state index in [-0.39, 0.29) is 11.7 Å². The average Bonchev–Trinajstić information content (AvgIpc) is 3.08. The van der Waals surface area contributed by atoms with Gasteiger partial charge in [0.1, 0.15) is 0 Å². The molecule has 112 valence electrons. The summed E-state index contributed by atoms with van der Waals surface area (Å²) < 4.78 is 0.527. The summed E-state index contributed by atoms with van der Waals surface area (Å²) in [6.45, 7) is 0. The number of thioether (sulfide) groups is 2. The Balaban J connectivity index is 1.71. The highest BCUT2D eigenvalue weighted by molar-refractivity contribution is 8.01. The Morgan fingerprint density at radius 1 is 1.33 bits per heavy atom. The number of aliphatic carboxylic acids is 1. The summed E-state index contributed by atoms with van der Waals surface area (Å²) in [5.41, 5.74) is 0. The first kappa shape index (κ1) is 16.3. The minimum absolute atomic E-state index is 0.0702. The number of carbonyl (C=O) groups excluding carboxylic acids is 1. The smallest absolute Gasteiger partial charge is 0.313 e. The van der Waals surface area contributed by atoms with E-state index in [4.69, 9.17) is 5.11 Å². The van der Waals surface area contributed by atoms with Gasteiger partial charge in [0.25, 0.3) is 0 Å². The number of nitrogens with zero attached hydrogens (tertiary/aromatic N) is 2. The van der Waals surface area contributed by atoms with Crippen molar-refractivity contribution >= 4 is 63.2 Å². The zero-order chi connectivity index (χ0) is 15.1. The van der Waals surface area contributed by atoms with Crippen LogP contribution < -0.4 is 5.32 Å². The number of anilines is 1. The molecule has 1 amide bonds. The number of carboxylic acid groups (broad SMARTS) is 1. The predicted molar refractivity (Wildman–Crippen MR) is 87.4 cm³/mol. The highest BCUT2D eigenvalue weighted by Crippen LogP contribution is 2.25. The second-order valence-corrected chi connectivity index (χ2v) is 7.89. The lowest BCUT2D eigenvalue weighted by molar-refractivity contribution is -0.133. The molecule has 0 spiro atoms. The van der Waals surface area contributed by atoms with Gasteiger partial charge in [0.2, 0.25) is 11.0 Å². The fourth-order valence-electron chi connectivity index (χ4n) is 1.24. The van der Waals surface area contributed by atoms with Crippen LogP contribution in [0.15, 0.2) is 21.9 Å². The van der Waals surface area contributed by atoms with Gasteiger partial charge in [0.15, 0.2) is 4.34 Å². The normalized spacial score (nSPS) is 10.5. The van der Waals surface area contributed by atoms with Gasteiger partial charge in [0, 0.05) is 10.6 Å². The van der Waals surface area contributed by atoms with Crippen LogP contribution in [-0.2, 0) is 15.3 Å². The fourth-order valence-corrected chi connectivity index (χ4v) is 4.39. The molecule has 2 heterocycles. The Morgan fingerprint density at radius 3 is 2.90 bits per heavy atom. The zero-order valence-corrected chi connectivity index (χ0v) is 13.9. The third kappa shape index (κ3) is 6.04. The number of carboxylic acids is 1. The van der Waals surface area contributed by atoms with Gasteiger partial charge in [-0.15, -0.1) is 33.3 Å². The molecule has 0 aliphatic heterocycles. The monoisotopic (exact) mass is 361 g/mol. The van der Waals surface area contributed by atoms with Gasteiger partial charge in [-0.1, -0.05) is 29.2 Å². The maximum atomic E-state index is 11.7. The first-order chi connectivity index (χ1) is 10.1. The number of hydrogen-bond donors (Lipinski definition) is 2. The van der Waals surface area contributed by atoms with Crippen molar-refractivity contribution in [3.05, 3.63) is 22.4 Å². The van der Waals surface area contributed by atoms with Crippen LogP contribution in [0.5, 0.6) is 0 Å². The van der Waals surface area contributed by atoms with Crippen molar-refractivity contribution < 1.29 is 14.7 Å². The Hall–Kier alpha value is -1.10.